The third-order valence-corrected chi connectivity index (χ3v) is 3.45. The Hall–Kier alpha value is -2.44. The number of amides is 2. The summed E-state index contributed by atoms with van der Waals surface area (Å²) in [4.78, 5) is 40.0. The Morgan fingerprint density at radius 2 is 1.92 bits per heavy atom. The van der Waals surface area contributed by atoms with Gasteiger partial charge in [-0.25, -0.2) is 0 Å². The molecule has 0 aliphatic heterocycles. The number of rotatable bonds is 11. The van der Waals surface area contributed by atoms with Gasteiger partial charge in [0.2, 0.25) is 11.8 Å². The molecule has 0 fully saturated rings. The zero-order valence-corrected chi connectivity index (χ0v) is 14.0. The summed E-state index contributed by atoms with van der Waals surface area (Å²) < 4.78 is 0. The Bertz CT molecular complexity index is 534. The molecule has 1 rings (SSSR count). The monoisotopic (exact) mass is 335 g/mol. The number of carboxylic acid groups (broad SMARTS) is 1. The predicted molar refractivity (Wildman–Crippen MR) is 89.3 cm³/mol. The fourth-order valence-corrected chi connectivity index (χ4v) is 2.25. The molecular formula is C17H25N3O4. The number of carboxylic acids is 1. The third kappa shape index (κ3) is 8.26. The number of hydrogen-bond donors (Lipinski definition) is 2. The molecule has 7 heteroatoms. The van der Waals surface area contributed by atoms with Crippen molar-refractivity contribution in [2.45, 2.75) is 39.0 Å². The number of aromatic nitrogens is 1. The summed E-state index contributed by atoms with van der Waals surface area (Å²) >= 11 is 0. The van der Waals surface area contributed by atoms with Crippen molar-refractivity contribution in [2.75, 3.05) is 19.6 Å². The van der Waals surface area contributed by atoms with Gasteiger partial charge in [-0.05, 0) is 37.0 Å². The van der Waals surface area contributed by atoms with E-state index in [4.69, 9.17) is 5.11 Å². The highest BCUT2D eigenvalue weighted by Gasteiger charge is 2.16. The minimum Gasteiger partial charge on any atom is -0.481 e. The highest BCUT2D eigenvalue weighted by Crippen LogP contribution is 2.06. The normalized spacial score (nSPS) is 10.2. The summed E-state index contributed by atoms with van der Waals surface area (Å²) in [5, 5.41) is 11.1. The first-order valence-electron chi connectivity index (χ1n) is 8.18. The largest absolute Gasteiger partial charge is 0.481 e. The molecule has 1 aromatic rings. The van der Waals surface area contributed by atoms with Gasteiger partial charge >= 0.3 is 5.97 Å². The van der Waals surface area contributed by atoms with Gasteiger partial charge in [0.25, 0.3) is 0 Å². The van der Waals surface area contributed by atoms with Crippen LogP contribution in [0.15, 0.2) is 24.5 Å². The van der Waals surface area contributed by atoms with Crippen molar-refractivity contribution >= 4 is 17.8 Å². The maximum absolute atomic E-state index is 12.3. The van der Waals surface area contributed by atoms with Gasteiger partial charge in [0.15, 0.2) is 0 Å². The molecule has 0 spiro atoms. The van der Waals surface area contributed by atoms with E-state index in [1.54, 1.807) is 12.4 Å². The molecule has 0 unspecified atom stereocenters. The van der Waals surface area contributed by atoms with Crippen molar-refractivity contribution in [1.29, 1.82) is 0 Å². The fourth-order valence-electron chi connectivity index (χ4n) is 2.25. The smallest absolute Gasteiger partial charge is 0.305 e. The molecule has 7 nitrogen and oxygen atoms in total. The first kappa shape index (κ1) is 19.6. The van der Waals surface area contributed by atoms with Crippen LogP contribution in [0.1, 0.15) is 38.2 Å². The molecule has 0 atom stereocenters. The second kappa shape index (κ2) is 11.2. The van der Waals surface area contributed by atoms with Crippen molar-refractivity contribution in [2.24, 2.45) is 0 Å². The van der Waals surface area contributed by atoms with Crippen LogP contribution in [-0.2, 0) is 20.8 Å². The van der Waals surface area contributed by atoms with Crippen LogP contribution in [-0.4, -0.2) is 52.4 Å². The molecule has 0 aliphatic carbocycles. The van der Waals surface area contributed by atoms with E-state index in [0.717, 1.165) is 18.4 Å². The lowest BCUT2D eigenvalue weighted by Gasteiger charge is -2.21. The summed E-state index contributed by atoms with van der Waals surface area (Å²) in [6.07, 6.45) is 5.97. The van der Waals surface area contributed by atoms with E-state index in [2.05, 4.69) is 10.3 Å². The van der Waals surface area contributed by atoms with Gasteiger partial charge in [0.05, 0.1) is 13.0 Å². The lowest BCUT2D eigenvalue weighted by molar-refractivity contribution is -0.138. The number of aliphatic carboxylic acids is 1. The molecular weight excluding hydrogens is 310 g/mol. The van der Waals surface area contributed by atoms with Gasteiger partial charge in [-0.2, -0.15) is 0 Å². The molecule has 0 saturated heterocycles. The number of nitrogens with one attached hydrogen (secondary N) is 1. The molecule has 0 radical (unpaired) electrons. The highest BCUT2D eigenvalue weighted by atomic mass is 16.4. The van der Waals surface area contributed by atoms with Gasteiger partial charge in [-0.1, -0.05) is 6.92 Å². The Morgan fingerprint density at radius 1 is 1.21 bits per heavy atom. The number of nitrogens with zero attached hydrogens (tertiary/aromatic N) is 2. The second-order valence-corrected chi connectivity index (χ2v) is 5.52. The molecule has 132 valence electrons. The molecule has 0 saturated carbocycles. The van der Waals surface area contributed by atoms with E-state index in [0.29, 0.717) is 19.4 Å². The molecule has 2 N–H and O–H groups in total. The maximum atomic E-state index is 12.3. The maximum Gasteiger partial charge on any atom is 0.305 e. The summed E-state index contributed by atoms with van der Waals surface area (Å²) in [5.41, 5.74) is 1.13. The van der Waals surface area contributed by atoms with Crippen molar-refractivity contribution in [1.82, 2.24) is 15.2 Å². The number of carbonyl (C=O) groups is 3. The molecule has 2 amide bonds. The number of pyridine rings is 1. The molecule has 1 aromatic heterocycles. The SMILES string of the molecule is CCCN(CC(=O)NCCC(=O)O)C(=O)CCCc1ccncc1. The predicted octanol–water partition coefficient (Wildman–Crippen LogP) is 1.23. The molecule has 0 bridgehead atoms. The van der Waals surface area contributed by atoms with Gasteiger partial charge in [-0.3, -0.25) is 19.4 Å². The number of aryl methyl sites for hydroxylation is 1. The zero-order chi connectivity index (χ0) is 17.8. The summed E-state index contributed by atoms with van der Waals surface area (Å²) in [6, 6.07) is 3.84. The lowest BCUT2D eigenvalue weighted by Crippen LogP contribution is -2.41. The Morgan fingerprint density at radius 3 is 2.54 bits per heavy atom. The minimum atomic E-state index is -0.965. The van der Waals surface area contributed by atoms with Crippen LogP contribution < -0.4 is 5.32 Å². The van der Waals surface area contributed by atoms with Crippen molar-refractivity contribution < 1.29 is 19.5 Å². The van der Waals surface area contributed by atoms with Crippen molar-refractivity contribution in [3.63, 3.8) is 0 Å². The zero-order valence-electron chi connectivity index (χ0n) is 14.0. The average molecular weight is 335 g/mol. The molecule has 0 aliphatic rings. The van der Waals surface area contributed by atoms with E-state index >= 15 is 0 Å². The van der Waals surface area contributed by atoms with Crippen LogP contribution >= 0.6 is 0 Å². The molecule has 1 heterocycles. The van der Waals surface area contributed by atoms with E-state index in [9.17, 15) is 14.4 Å². The van der Waals surface area contributed by atoms with Crippen molar-refractivity contribution in [3.8, 4) is 0 Å². The van der Waals surface area contributed by atoms with Crippen molar-refractivity contribution in [3.05, 3.63) is 30.1 Å². The second-order valence-electron chi connectivity index (χ2n) is 5.52. The summed E-state index contributed by atoms with van der Waals surface area (Å²) in [5.74, 6) is -1.35. The summed E-state index contributed by atoms with van der Waals surface area (Å²) in [6.45, 7) is 2.51. The van der Waals surface area contributed by atoms with Gasteiger partial charge in [0, 0.05) is 31.9 Å². The Kier molecular flexibility index (Phi) is 9.11. The summed E-state index contributed by atoms with van der Waals surface area (Å²) in [7, 11) is 0. The number of carbonyl (C=O) groups excluding carboxylic acids is 2. The standard InChI is InChI=1S/C17H25N3O4/c1-2-12-20(13-15(21)19-11-8-17(23)24)16(22)5-3-4-14-6-9-18-10-7-14/h6-7,9-10H,2-5,8,11-13H2,1H3,(H,19,21)(H,23,24). The Balaban J connectivity index is 2.37. The van der Waals surface area contributed by atoms with Gasteiger partial charge < -0.3 is 15.3 Å². The van der Waals surface area contributed by atoms with E-state index in [1.807, 2.05) is 19.1 Å². The third-order valence-electron chi connectivity index (χ3n) is 3.45. The Labute approximate surface area is 142 Å². The molecule has 24 heavy (non-hydrogen) atoms. The first-order chi connectivity index (χ1) is 11.5. The van der Waals surface area contributed by atoms with Gasteiger partial charge in [0.1, 0.15) is 0 Å². The topological polar surface area (TPSA) is 99.6 Å². The van der Waals surface area contributed by atoms with E-state index in [-0.39, 0.29) is 31.3 Å². The number of hydrogen-bond acceptors (Lipinski definition) is 4. The quantitative estimate of drug-likeness (QED) is 0.634. The van der Waals surface area contributed by atoms with E-state index < -0.39 is 5.97 Å². The first-order valence-corrected chi connectivity index (χ1v) is 8.18. The average Bonchev–Trinajstić information content (AvgIpc) is 2.55. The minimum absolute atomic E-state index is 0.0262. The van der Waals surface area contributed by atoms with Crippen LogP contribution in [0.25, 0.3) is 0 Å². The van der Waals surface area contributed by atoms with Gasteiger partial charge in [-0.15, -0.1) is 0 Å². The van der Waals surface area contributed by atoms with Crippen LogP contribution in [0.4, 0.5) is 0 Å². The van der Waals surface area contributed by atoms with E-state index in [1.165, 1.54) is 4.90 Å². The fraction of sp³-hybridized carbons (Fsp3) is 0.529. The van der Waals surface area contributed by atoms with Crippen LogP contribution in [0.3, 0.4) is 0 Å². The lowest BCUT2D eigenvalue weighted by atomic mass is 10.1. The van der Waals surface area contributed by atoms with Crippen LogP contribution in [0, 0.1) is 0 Å². The molecule has 0 aromatic carbocycles. The highest BCUT2D eigenvalue weighted by molar-refractivity contribution is 5.85. The van der Waals surface area contributed by atoms with Crippen LogP contribution in [0.2, 0.25) is 0 Å². The van der Waals surface area contributed by atoms with Crippen LogP contribution in [0.5, 0.6) is 0 Å².